The van der Waals surface area contributed by atoms with Crippen LogP contribution in [0.4, 0.5) is 0 Å². The number of hydrogen-bond acceptors (Lipinski definition) is 3. The zero-order valence-electron chi connectivity index (χ0n) is 9.19. The molecule has 0 spiro atoms. The third kappa shape index (κ3) is 2.32. The molecule has 2 rings (SSSR count). The minimum Gasteiger partial charge on any atom is -0.396 e. The number of aliphatic hydroxyl groups is 1. The fourth-order valence-corrected chi connectivity index (χ4v) is 2.33. The standard InChI is InChI=1S/C11H20N2O2/c14-9-3-8-12-7-2-6-11(15)13(12)10-4-1-5-10/h10,14H,1-9H2. The summed E-state index contributed by atoms with van der Waals surface area (Å²) in [6.45, 7) is 2.00. The minimum absolute atomic E-state index is 0.212. The molecule has 0 aromatic carbocycles. The molecular weight excluding hydrogens is 192 g/mol. The van der Waals surface area contributed by atoms with Crippen LogP contribution in [0.5, 0.6) is 0 Å². The summed E-state index contributed by atoms with van der Waals surface area (Å²) >= 11 is 0. The van der Waals surface area contributed by atoms with Crippen molar-refractivity contribution < 1.29 is 9.90 Å². The van der Waals surface area contributed by atoms with Gasteiger partial charge in [-0.1, -0.05) is 0 Å². The second-order valence-corrected chi connectivity index (χ2v) is 4.46. The Kier molecular flexibility index (Phi) is 3.59. The van der Waals surface area contributed by atoms with Crippen LogP contribution < -0.4 is 0 Å². The van der Waals surface area contributed by atoms with Gasteiger partial charge in [-0.3, -0.25) is 9.80 Å². The second kappa shape index (κ2) is 4.94. The van der Waals surface area contributed by atoms with E-state index in [9.17, 15) is 4.79 Å². The highest BCUT2D eigenvalue weighted by atomic mass is 16.3. The van der Waals surface area contributed by atoms with Crippen molar-refractivity contribution in [3.63, 3.8) is 0 Å². The normalized spacial score (nSPS) is 24.3. The van der Waals surface area contributed by atoms with E-state index in [0.717, 1.165) is 38.8 Å². The summed E-state index contributed by atoms with van der Waals surface area (Å²) in [5.74, 6) is 0.281. The van der Waals surface area contributed by atoms with Gasteiger partial charge >= 0.3 is 0 Å². The zero-order chi connectivity index (χ0) is 10.7. The number of hydrogen-bond donors (Lipinski definition) is 1. The third-order valence-electron chi connectivity index (χ3n) is 3.36. The Labute approximate surface area is 90.8 Å². The lowest BCUT2D eigenvalue weighted by atomic mass is 9.91. The molecule has 1 aliphatic heterocycles. The summed E-state index contributed by atoms with van der Waals surface area (Å²) in [7, 11) is 0. The van der Waals surface area contributed by atoms with Crippen LogP contribution in [0, 0.1) is 0 Å². The largest absolute Gasteiger partial charge is 0.396 e. The SMILES string of the molecule is O=C1CCCN(CCCO)N1C1CCC1. The van der Waals surface area contributed by atoms with Crippen LogP contribution in [0.15, 0.2) is 0 Å². The molecule has 86 valence electrons. The summed E-state index contributed by atoms with van der Waals surface area (Å²) in [6.07, 6.45) is 5.99. The topological polar surface area (TPSA) is 43.8 Å². The van der Waals surface area contributed by atoms with Gasteiger partial charge in [0.2, 0.25) is 5.91 Å². The highest BCUT2D eigenvalue weighted by Crippen LogP contribution is 2.29. The lowest BCUT2D eigenvalue weighted by Gasteiger charge is -2.46. The molecular formula is C11H20N2O2. The molecule has 1 amide bonds. The Bertz CT molecular complexity index is 229. The summed E-state index contributed by atoms with van der Waals surface area (Å²) < 4.78 is 0. The van der Waals surface area contributed by atoms with Crippen LogP contribution in [0.1, 0.15) is 38.5 Å². The number of hydrazine groups is 1. The maximum atomic E-state index is 11.8. The second-order valence-electron chi connectivity index (χ2n) is 4.46. The number of rotatable bonds is 4. The number of nitrogens with zero attached hydrogens (tertiary/aromatic N) is 2. The van der Waals surface area contributed by atoms with Crippen LogP contribution in [0.25, 0.3) is 0 Å². The van der Waals surface area contributed by atoms with Gasteiger partial charge in [0.25, 0.3) is 0 Å². The van der Waals surface area contributed by atoms with E-state index in [1.165, 1.54) is 6.42 Å². The molecule has 4 nitrogen and oxygen atoms in total. The number of carbonyl (C=O) groups excluding carboxylic acids is 1. The highest BCUT2D eigenvalue weighted by Gasteiger charge is 2.34. The monoisotopic (exact) mass is 212 g/mol. The Morgan fingerprint density at radius 3 is 2.73 bits per heavy atom. The fraction of sp³-hybridized carbons (Fsp3) is 0.909. The van der Waals surface area contributed by atoms with E-state index in [4.69, 9.17) is 5.11 Å². The van der Waals surface area contributed by atoms with Crippen molar-refractivity contribution in [2.24, 2.45) is 0 Å². The highest BCUT2D eigenvalue weighted by molar-refractivity contribution is 5.76. The van der Waals surface area contributed by atoms with Crippen molar-refractivity contribution in [1.82, 2.24) is 10.0 Å². The van der Waals surface area contributed by atoms with Crippen molar-refractivity contribution >= 4 is 5.91 Å². The van der Waals surface area contributed by atoms with Gasteiger partial charge in [0, 0.05) is 32.2 Å². The molecule has 0 bridgehead atoms. The van der Waals surface area contributed by atoms with E-state index in [0.29, 0.717) is 12.5 Å². The molecule has 0 radical (unpaired) electrons. The average molecular weight is 212 g/mol. The molecule has 2 aliphatic rings. The Balaban J connectivity index is 1.94. The van der Waals surface area contributed by atoms with E-state index < -0.39 is 0 Å². The number of aliphatic hydroxyl groups excluding tert-OH is 1. The van der Waals surface area contributed by atoms with Gasteiger partial charge in [0.1, 0.15) is 0 Å². The average Bonchev–Trinajstić information content (AvgIpc) is 2.16. The van der Waals surface area contributed by atoms with Gasteiger partial charge in [0.05, 0.1) is 0 Å². The third-order valence-corrected chi connectivity index (χ3v) is 3.36. The van der Waals surface area contributed by atoms with Crippen molar-refractivity contribution in [3.8, 4) is 0 Å². The van der Waals surface area contributed by atoms with Gasteiger partial charge in [0.15, 0.2) is 0 Å². The molecule has 1 N–H and O–H groups in total. The summed E-state index contributed by atoms with van der Waals surface area (Å²) in [5, 5.41) is 12.9. The van der Waals surface area contributed by atoms with Gasteiger partial charge in [-0.25, -0.2) is 5.01 Å². The predicted molar refractivity (Wildman–Crippen MR) is 57.0 cm³/mol. The first-order valence-corrected chi connectivity index (χ1v) is 6.00. The van der Waals surface area contributed by atoms with Crippen LogP contribution in [0.3, 0.4) is 0 Å². The number of amides is 1. The molecule has 0 atom stereocenters. The van der Waals surface area contributed by atoms with Crippen LogP contribution >= 0.6 is 0 Å². The summed E-state index contributed by atoms with van der Waals surface area (Å²) in [5.41, 5.74) is 0. The van der Waals surface area contributed by atoms with Crippen molar-refractivity contribution in [2.45, 2.75) is 44.6 Å². The predicted octanol–water partition coefficient (Wildman–Crippen LogP) is 0.761. The van der Waals surface area contributed by atoms with E-state index in [1.54, 1.807) is 0 Å². The van der Waals surface area contributed by atoms with E-state index in [2.05, 4.69) is 5.01 Å². The van der Waals surface area contributed by atoms with Gasteiger partial charge in [-0.2, -0.15) is 0 Å². The Hall–Kier alpha value is -0.610. The first kappa shape index (κ1) is 10.9. The zero-order valence-corrected chi connectivity index (χ0v) is 9.19. The molecule has 0 aromatic heterocycles. The van der Waals surface area contributed by atoms with Gasteiger partial charge in [-0.15, -0.1) is 0 Å². The molecule has 0 aromatic rings. The molecule has 0 unspecified atom stereocenters. The van der Waals surface area contributed by atoms with Crippen molar-refractivity contribution in [2.75, 3.05) is 19.7 Å². The Morgan fingerprint density at radius 1 is 1.33 bits per heavy atom. The molecule has 1 heterocycles. The first-order valence-electron chi connectivity index (χ1n) is 6.00. The van der Waals surface area contributed by atoms with Gasteiger partial charge < -0.3 is 5.11 Å². The lowest BCUT2D eigenvalue weighted by molar-refractivity contribution is -0.168. The van der Waals surface area contributed by atoms with Crippen LogP contribution in [-0.4, -0.2) is 46.8 Å². The van der Waals surface area contributed by atoms with Gasteiger partial charge in [-0.05, 0) is 32.1 Å². The minimum atomic E-state index is 0.212. The summed E-state index contributed by atoms with van der Waals surface area (Å²) in [6, 6.07) is 0.455. The molecule has 15 heavy (non-hydrogen) atoms. The van der Waals surface area contributed by atoms with Crippen molar-refractivity contribution in [1.29, 1.82) is 0 Å². The smallest absolute Gasteiger partial charge is 0.237 e. The van der Waals surface area contributed by atoms with Crippen LogP contribution in [0.2, 0.25) is 0 Å². The first-order chi connectivity index (χ1) is 7.33. The molecule has 1 saturated heterocycles. The Morgan fingerprint density at radius 2 is 2.13 bits per heavy atom. The molecule has 4 heteroatoms. The van der Waals surface area contributed by atoms with Crippen LogP contribution in [-0.2, 0) is 4.79 Å². The molecule has 1 aliphatic carbocycles. The van der Waals surface area contributed by atoms with E-state index in [1.807, 2.05) is 5.01 Å². The molecule has 2 fully saturated rings. The fourth-order valence-electron chi connectivity index (χ4n) is 2.33. The maximum absolute atomic E-state index is 11.8. The lowest BCUT2D eigenvalue weighted by Crippen LogP contribution is -2.57. The molecule has 1 saturated carbocycles. The quantitative estimate of drug-likeness (QED) is 0.748. The maximum Gasteiger partial charge on any atom is 0.237 e. The van der Waals surface area contributed by atoms with E-state index >= 15 is 0 Å². The number of carbonyl (C=O) groups is 1. The summed E-state index contributed by atoms with van der Waals surface area (Å²) in [4.78, 5) is 11.8. The van der Waals surface area contributed by atoms with E-state index in [-0.39, 0.29) is 12.5 Å². The van der Waals surface area contributed by atoms with Crippen molar-refractivity contribution in [3.05, 3.63) is 0 Å².